The molecular weight excluding hydrogens is 362 g/mol. The fourth-order valence-corrected chi connectivity index (χ4v) is 3.81. The standard InChI is InChI=1S/C20H15N3O3S/c1-12-5-7-13(8-6-12)18-17(20(25)26)15(11-27-18)22-19(24)14-10-23-9-3-2-4-16(23)21-14/h2-11H,1H3,(H,22,24)(H,25,26). The summed E-state index contributed by atoms with van der Waals surface area (Å²) < 4.78 is 1.73. The Morgan fingerprint density at radius 2 is 1.93 bits per heavy atom. The highest BCUT2D eigenvalue weighted by Crippen LogP contribution is 2.36. The second-order valence-corrected chi connectivity index (χ2v) is 6.95. The molecule has 3 aromatic heterocycles. The average molecular weight is 377 g/mol. The van der Waals surface area contributed by atoms with Crippen molar-refractivity contribution in [3.05, 3.63) is 77.1 Å². The number of fused-ring (bicyclic) bond motifs is 1. The van der Waals surface area contributed by atoms with Gasteiger partial charge in [0.2, 0.25) is 0 Å². The first-order chi connectivity index (χ1) is 13.0. The Balaban J connectivity index is 1.68. The summed E-state index contributed by atoms with van der Waals surface area (Å²) in [4.78, 5) is 29.3. The van der Waals surface area contributed by atoms with Gasteiger partial charge in [-0.1, -0.05) is 35.9 Å². The highest BCUT2D eigenvalue weighted by atomic mass is 32.1. The number of rotatable bonds is 4. The van der Waals surface area contributed by atoms with Crippen LogP contribution in [0.2, 0.25) is 0 Å². The third kappa shape index (κ3) is 3.20. The van der Waals surface area contributed by atoms with Crippen LogP contribution in [-0.4, -0.2) is 26.4 Å². The molecule has 2 N–H and O–H groups in total. The van der Waals surface area contributed by atoms with Crippen LogP contribution in [-0.2, 0) is 0 Å². The number of nitrogens with one attached hydrogen (secondary N) is 1. The van der Waals surface area contributed by atoms with Crippen LogP contribution in [0.1, 0.15) is 26.4 Å². The minimum Gasteiger partial charge on any atom is -0.478 e. The number of carboxylic acid groups (broad SMARTS) is 1. The summed E-state index contributed by atoms with van der Waals surface area (Å²) in [6, 6.07) is 13.1. The van der Waals surface area contributed by atoms with Gasteiger partial charge in [-0.05, 0) is 24.6 Å². The molecule has 0 spiro atoms. The van der Waals surface area contributed by atoms with Crippen LogP contribution in [0.3, 0.4) is 0 Å². The fourth-order valence-electron chi connectivity index (χ4n) is 2.81. The van der Waals surface area contributed by atoms with Crippen LogP contribution in [0, 0.1) is 6.92 Å². The molecule has 0 radical (unpaired) electrons. The number of nitrogens with zero attached hydrogens (tertiary/aromatic N) is 2. The fraction of sp³-hybridized carbons (Fsp3) is 0.0500. The Hall–Kier alpha value is -3.45. The topological polar surface area (TPSA) is 83.7 Å². The number of aryl methyl sites for hydroxylation is 1. The van der Waals surface area contributed by atoms with Gasteiger partial charge in [0.25, 0.3) is 5.91 Å². The maximum atomic E-state index is 12.6. The largest absolute Gasteiger partial charge is 0.478 e. The highest BCUT2D eigenvalue weighted by molar-refractivity contribution is 7.14. The van der Waals surface area contributed by atoms with Crippen LogP contribution in [0.25, 0.3) is 16.1 Å². The number of aromatic nitrogens is 2. The number of hydrogen-bond acceptors (Lipinski definition) is 4. The zero-order chi connectivity index (χ0) is 19.0. The van der Waals surface area contributed by atoms with E-state index in [9.17, 15) is 14.7 Å². The van der Waals surface area contributed by atoms with Gasteiger partial charge in [0.05, 0.1) is 10.6 Å². The minimum absolute atomic E-state index is 0.0842. The molecule has 4 rings (SSSR count). The number of pyridine rings is 1. The Bertz CT molecular complexity index is 1130. The molecule has 0 saturated carbocycles. The van der Waals surface area contributed by atoms with Gasteiger partial charge in [0, 0.05) is 17.8 Å². The monoisotopic (exact) mass is 377 g/mol. The summed E-state index contributed by atoms with van der Waals surface area (Å²) in [5.74, 6) is -1.54. The third-order valence-corrected chi connectivity index (χ3v) is 5.19. The molecule has 0 bridgehead atoms. The van der Waals surface area contributed by atoms with Crippen LogP contribution in [0.5, 0.6) is 0 Å². The number of carboxylic acids is 1. The second kappa shape index (κ2) is 6.69. The summed E-state index contributed by atoms with van der Waals surface area (Å²) >= 11 is 1.28. The summed E-state index contributed by atoms with van der Waals surface area (Å²) in [7, 11) is 0. The molecule has 6 nitrogen and oxygen atoms in total. The van der Waals surface area contributed by atoms with Crippen molar-refractivity contribution >= 4 is 34.5 Å². The number of carbonyl (C=O) groups excluding carboxylic acids is 1. The zero-order valence-electron chi connectivity index (χ0n) is 14.3. The van der Waals surface area contributed by atoms with E-state index in [4.69, 9.17) is 0 Å². The molecular formula is C20H15N3O3S. The number of imidazole rings is 1. The van der Waals surface area contributed by atoms with Gasteiger partial charge in [-0.15, -0.1) is 11.3 Å². The first-order valence-electron chi connectivity index (χ1n) is 8.20. The van der Waals surface area contributed by atoms with Crippen molar-refractivity contribution in [3.8, 4) is 10.4 Å². The lowest BCUT2D eigenvalue weighted by Gasteiger charge is -2.05. The van der Waals surface area contributed by atoms with Crippen molar-refractivity contribution in [1.29, 1.82) is 0 Å². The molecule has 134 valence electrons. The predicted molar refractivity (Wildman–Crippen MR) is 105 cm³/mol. The van der Waals surface area contributed by atoms with Gasteiger partial charge in [-0.2, -0.15) is 0 Å². The van der Waals surface area contributed by atoms with Crippen LogP contribution in [0.4, 0.5) is 5.69 Å². The lowest BCUT2D eigenvalue weighted by atomic mass is 10.1. The average Bonchev–Trinajstić information content (AvgIpc) is 3.26. The van der Waals surface area contributed by atoms with Crippen molar-refractivity contribution in [2.75, 3.05) is 5.32 Å². The molecule has 1 aromatic carbocycles. The number of carbonyl (C=O) groups is 2. The van der Waals surface area contributed by atoms with E-state index in [0.717, 1.165) is 11.1 Å². The van der Waals surface area contributed by atoms with Crippen molar-refractivity contribution < 1.29 is 14.7 Å². The number of aromatic carboxylic acids is 1. The van der Waals surface area contributed by atoms with E-state index in [1.54, 1.807) is 28.2 Å². The van der Waals surface area contributed by atoms with Crippen molar-refractivity contribution in [2.45, 2.75) is 6.92 Å². The van der Waals surface area contributed by atoms with E-state index in [0.29, 0.717) is 10.5 Å². The quantitative estimate of drug-likeness (QED) is 0.555. The lowest BCUT2D eigenvalue weighted by molar-refractivity contribution is 0.0699. The molecule has 0 aliphatic carbocycles. The van der Waals surface area contributed by atoms with E-state index in [-0.39, 0.29) is 16.9 Å². The summed E-state index contributed by atoms with van der Waals surface area (Å²) in [5, 5.41) is 14.0. The molecule has 0 aliphatic heterocycles. The molecule has 27 heavy (non-hydrogen) atoms. The van der Waals surface area contributed by atoms with Gasteiger partial charge < -0.3 is 14.8 Å². The van der Waals surface area contributed by atoms with Gasteiger partial charge >= 0.3 is 5.97 Å². The Kier molecular flexibility index (Phi) is 4.21. The lowest BCUT2D eigenvalue weighted by Crippen LogP contribution is -2.14. The Labute approximate surface area is 158 Å². The highest BCUT2D eigenvalue weighted by Gasteiger charge is 2.22. The van der Waals surface area contributed by atoms with Gasteiger partial charge in [0.15, 0.2) is 0 Å². The van der Waals surface area contributed by atoms with Crippen LogP contribution < -0.4 is 5.32 Å². The number of amides is 1. The maximum absolute atomic E-state index is 12.6. The van der Waals surface area contributed by atoms with Gasteiger partial charge in [-0.25, -0.2) is 9.78 Å². The molecule has 0 saturated heterocycles. The van der Waals surface area contributed by atoms with Gasteiger partial charge in [-0.3, -0.25) is 4.79 Å². The number of thiophene rings is 1. The van der Waals surface area contributed by atoms with E-state index >= 15 is 0 Å². The second-order valence-electron chi connectivity index (χ2n) is 6.07. The third-order valence-electron chi connectivity index (χ3n) is 4.16. The molecule has 4 aromatic rings. The van der Waals surface area contributed by atoms with Crippen LogP contribution >= 0.6 is 11.3 Å². The maximum Gasteiger partial charge on any atom is 0.339 e. The molecule has 0 atom stereocenters. The van der Waals surface area contributed by atoms with E-state index in [1.165, 1.54) is 11.3 Å². The van der Waals surface area contributed by atoms with Crippen molar-refractivity contribution in [3.63, 3.8) is 0 Å². The van der Waals surface area contributed by atoms with Gasteiger partial charge in [0.1, 0.15) is 16.9 Å². The molecule has 0 fully saturated rings. The number of benzene rings is 1. The van der Waals surface area contributed by atoms with E-state index in [1.807, 2.05) is 43.3 Å². The summed E-state index contributed by atoms with van der Waals surface area (Å²) in [6.07, 6.45) is 3.40. The SMILES string of the molecule is Cc1ccc(-c2scc(NC(=O)c3cn4ccccc4n3)c2C(=O)O)cc1. The minimum atomic E-state index is -1.09. The summed E-state index contributed by atoms with van der Waals surface area (Å²) in [6.45, 7) is 1.97. The normalized spacial score (nSPS) is 10.9. The predicted octanol–water partition coefficient (Wildman–Crippen LogP) is 4.32. The zero-order valence-corrected chi connectivity index (χ0v) is 15.2. The van der Waals surface area contributed by atoms with E-state index in [2.05, 4.69) is 10.3 Å². The first kappa shape index (κ1) is 17.0. The van der Waals surface area contributed by atoms with Crippen molar-refractivity contribution in [2.24, 2.45) is 0 Å². The first-order valence-corrected chi connectivity index (χ1v) is 9.08. The van der Waals surface area contributed by atoms with Crippen LogP contribution in [0.15, 0.2) is 60.2 Å². The molecule has 7 heteroatoms. The Morgan fingerprint density at radius 1 is 1.15 bits per heavy atom. The molecule has 0 aliphatic rings. The molecule has 3 heterocycles. The van der Waals surface area contributed by atoms with Crippen molar-refractivity contribution in [1.82, 2.24) is 9.38 Å². The summed E-state index contributed by atoms with van der Waals surface area (Å²) in [5.41, 5.74) is 3.11. The Morgan fingerprint density at radius 3 is 2.63 bits per heavy atom. The smallest absolute Gasteiger partial charge is 0.339 e. The molecule has 1 amide bonds. The number of hydrogen-bond donors (Lipinski definition) is 2. The van der Waals surface area contributed by atoms with E-state index < -0.39 is 11.9 Å². The number of anilines is 1. The molecule has 0 unspecified atom stereocenters.